The summed E-state index contributed by atoms with van der Waals surface area (Å²) in [7, 11) is 0. The van der Waals surface area contributed by atoms with Crippen LogP contribution in [0.25, 0.3) is 0 Å². The van der Waals surface area contributed by atoms with Gasteiger partial charge in [-0.3, -0.25) is 14.4 Å². The fraction of sp³-hybridized carbons (Fsp3) is 0.857. The normalized spacial score (nSPS) is 37.5. The Labute approximate surface area is 171 Å². The van der Waals surface area contributed by atoms with Crippen molar-refractivity contribution in [1.29, 1.82) is 0 Å². The minimum absolute atomic E-state index is 0.104. The number of carbonyl (C=O) groups is 3. The Balaban J connectivity index is 1.66. The Kier molecular flexibility index (Phi) is 5.59. The van der Waals surface area contributed by atoms with Gasteiger partial charge in [0.05, 0.1) is 37.2 Å². The number of fused-ring (bicyclic) bond motifs is 1. The quantitative estimate of drug-likeness (QED) is 0.629. The van der Waals surface area contributed by atoms with Gasteiger partial charge < -0.3 is 24.8 Å². The molecule has 8 nitrogen and oxygen atoms in total. The number of likely N-dealkylation sites (tertiary alicyclic amines) is 1. The van der Waals surface area contributed by atoms with Crippen molar-refractivity contribution in [2.75, 3.05) is 13.2 Å². The largest absolute Gasteiger partial charge is 0.466 e. The second-order valence-corrected chi connectivity index (χ2v) is 8.93. The molecule has 29 heavy (non-hydrogen) atoms. The number of amides is 2. The molecule has 2 N–H and O–H groups in total. The SMILES string of the molecule is CCOC(=O)[C@@H]1[C@@H]2CCC3(O2)C(C(=O)NC2CCCCC2)N([C@H](C)CO)C(=O)[C@H]13. The van der Waals surface area contributed by atoms with Gasteiger partial charge in [0.1, 0.15) is 11.6 Å². The lowest BCUT2D eigenvalue weighted by Gasteiger charge is -2.36. The molecule has 3 aliphatic heterocycles. The summed E-state index contributed by atoms with van der Waals surface area (Å²) in [4.78, 5) is 41.0. The van der Waals surface area contributed by atoms with Gasteiger partial charge in [0.15, 0.2) is 0 Å². The molecule has 4 aliphatic rings. The van der Waals surface area contributed by atoms with E-state index >= 15 is 0 Å². The number of aliphatic hydroxyl groups excluding tert-OH is 1. The molecule has 3 saturated heterocycles. The molecule has 0 radical (unpaired) electrons. The summed E-state index contributed by atoms with van der Waals surface area (Å²) in [5, 5.41) is 12.9. The molecule has 2 amide bonds. The number of rotatable bonds is 6. The lowest BCUT2D eigenvalue weighted by atomic mass is 9.70. The van der Waals surface area contributed by atoms with Crippen LogP contribution in [0.3, 0.4) is 0 Å². The van der Waals surface area contributed by atoms with E-state index in [2.05, 4.69) is 5.32 Å². The number of esters is 1. The molecule has 6 atom stereocenters. The summed E-state index contributed by atoms with van der Waals surface area (Å²) in [5.41, 5.74) is -1.01. The highest BCUT2D eigenvalue weighted by Gasteiger charge is 2.75. The zero-order valence-corrected chi connectivity index (χ0v) is 17.3. The predicted octanol–water partition coefficient (Wildman–Crippen LogP) is 0.754. The highest BCUT2D eigenvalue weighted by molar-refractivity contribution is 5.98. The maximum absolute atomic E-state index is 13.4. The molecule has 162 valence electrons. The second-order valence-electron chi connectivity index (χ2n) is 8.93. The topological polar surface area (TPSA) is 105 Å². The predicted molar refractivity (Wildman–Crippen MR) is 103 cm³/mol. The van der Waals surface area contributed by atoms with Crippen molar-refractivity contribution in [1.82, 2.24) is 10.2 Å². The molecule has 8 heteroatoms. The van der Waals surface area contributed by atoms with Gasteiger partial charge in [-0.15, -0.1) is 0 Å². The van der Waals surface area contributed by atoms with Gasteiger partial charge in [0.2, 0.25) is 11.8 Å². The van der Waals surface area contributed by atoms with Gasteiger partial charge >= 0.3 is 5.97 Å². The van der Waals surface area contributed by atoms with Crippen molar-refractivity contribution in [3.8, 4) is 0 Å². The first-order valence-corrected chi connectivity index (χ1v) is 11.0. The summed E-state index contributed by atoms with van der Waals surface area (Å²) in [6.45, 7) is 3.44. The molecule has 1 spiro atoms. The Bertz CT molecular complexity index is 678. The van der Waals surface area contributed by atoms with Crippen molar-refractivity contribution in [2.45, 2.75) is 88.6 Å². The second kappa shape index (κ2) is 7.87. The smallest absolute Gasteiger partial charge is 0.312 e. The van der Waals surface area contributed by atoms with Crippen LogP contribution in [0.15, 0.2) is 0 Å². The molecule has 0 aromatic heterocycles. The average molecular weight is 408 g/mol. The number of nitrogens with zero attached hydrogens (tertiary/aromatic N) is 1. The van der Waals surface area contributed by atoms with E-state index in [1.54, 1.807) is 13.8 Å². The third-order valence-corrected chi connectivity index (χ3v) is 7.24. The lowest BCUT2D eigenvalue weighted by molar-refractivity contribution is -0.155. The van der Waals surface area contributed by atoms with Crippen molar-refractivity contribution in [2.24, 2.45) is 11.8 Å². The van der Waals surface area contributed by atoms with Gasteiger partial charge in [0.25, 0.3) is 0 Å². The highest BCUT2D eigenvalue weighted by atomic mass is 16.6. The molecule has 4 fully saturated rings. The van der Waals surface area contributed by atoms with Gasteiger partial charge in [-0.1, -0.05) is 19.3 Å². The maximum atomic E-state index is 13.4. The van der Waals surface area contributed by atoms with E-state index in [1.807, 2.05) is 0 Å². The molecule has 0 aromatic rings. The summed E-state index contributed by atoms with van der Waals surface area (Å²) in [6, 6.07) is -1.25. The fourth-order valence-electron chi connectivity index (χ4n) is 5.99. The van der Waals surface area contributed by atoms with Crippen LogP contribution in [0.1, 0.15) is 58.8 Å². The van der Waals surface area contributed by atoms with Crippen molar-refractivity contribution in [3.63, 3.8) is 0 Å². The zero-order valence-electron chi connectivity index (χ0n) is 17.3. The van der Waals surface area contributed by atoms with E-state index in [0.29, 0.717) is 12.8 Å². The Morgan fingerprint density at radius 3 is 2.69 bits per heavy atom. The van der Waals surface area contributed by atoms with Crippen LogP contribution < -0.4 is 5.32 Å². The van der Waals surface area contributed by atoms with Gasteiger partial charge in [-0.2, -0.15) is 0 Å². The van der Waals surface area contributed by atoms with Crippen LogP contribution in [0.4, 0.5) is 0 Å². The third-order valence-electron chi connectivity index (χ3n) is 7.24. The minimum Gasteiger partial charge on any atom is -0.466 e. The number of ether oxygens (including phenoxy) is 2. The van der Waals surface area contributed by atoms with E-state index in [9.17, 15) is 19.5 Å². The van der Waals surface area contributed by atoms with E-state index in [0.717, 1.165) is 25.7 Å². The summed E-state index contributed by atoms with van der Waals surface area (Å²) in [5.74, 6) is -2.34. The van der Waals surface area contributed by atoms with Gasteiger partial charge in [0, 0.05) is 6.04 Å². The van der Waals surface area contributed by atoms with Gasteiger partial charge in [-0.25, -0.2) is 0 Å². The number of hydrogen-bond acceptors (Lipinski definition) is 6. The molecular weight excluding hydrogens is 376 g/mol. The number of nitrogens with one attached hydrogen (secondary N) is 1. The molecular formula is C21H32N2O6. The molecule has 1 saturated carbocycles. The fourth-order valence-corrected chi connectivity index (χ4v) is 5.99. The number of carbonyl (C=O) groups excluding carboxylic acids is 3. The van der Waals surface area contributed by atoms with Crippen molar-refractivity contribution < 1.29 is 29.0 Å². The first-order valence-electron chi connectivity index (χ1n) is 11.0. The average Bonchev–Trinajstić information content (AvgIpc) is 3.35. The van der Waals surface area contributed by atoms with E-state index in [1.165, 1.54) is 11.3 Å². The standard InChI is InChI=1S/C21H32N2O6/c1-3-28-20(27)15-14-9-10-21(29-14)16(15)19(26)23(12(2)11-24)17(21)18(25)22-13-7-5-4-6-8-13/h12-17,24H,3-11H2,1-2H3,(H,22,25)/t12-,14+,15-,16+,17?,21?/m1/s1. The first-order chi connectivity index (χ1) is 13.9. The summed E-state index contributed by atoms with van der Waals surface area (Å²) >= 11 is 0. The summed E-state index contributed by atoms with van der Waals surface area (Å²) in [6.07, 6.45) is 6.02. The monoisotopic (exact) mass is 408 g/mol. The molecule has 2 bridgehead atoms. The molecule has 4 rings (SSSR count). The van der Waals surface area contributed by atoms with Crippen LogP contribution in [0.5, 0.6) is 0 Å². The molecule has 1 aliphatic carbocycles. The van der Waals surface area contributed by atoms with Crippen LogP contribution in [0, 0.1) is 11.8 Å². The lowest BCUT2D eigenvalue weighted by Crippen LogP contribution is -2.58. The molecule has 0 aromatic carbocycles. The van der Waals surface area contributed by atoms with E-state index in [4.69, 9.17) is 9.47 Å². The van der Waals surface area contributed by atoms with Crippen molar-refractivity contribution >= 4 is 17.8 Å². The Hall–Kier alpha value is -1.67. The van der Waals surface area contributed by atoms with Gasteiger partial charge in [-0.05, 0) is 39.5 Å². The number of hydrogen-bond donors (Lipinski definition) is 2. The molecule has 2 unspecified atom stereocenters. The Morgan fingerprint density at radius 1 is 1.31 bits per heavy atom. The van der Waals surface area contributed by atoms with Crippen LogP contribution in [-0.4, -0.2) is 70.8 Å². The number of aliphatic hydroxyl groups is 1. The van der Waals surface area contributed by atoms with Crippen LogP contribution >= 0.6 is 0 Å². The van der Waals surface area contributed by atoms with Crippen LogP contribution in [0.2, 0.25) is 0 Å². The van der Waals surface area contributed by atoms with E-state index < -0.39 is 35.5 Å². The molecule has 3 heterocycles. The third kappa shape index (κ3) is 3.15. The highest BCUT2D eigenvalue weighted by Crippen LogP contribution is 2.58. The zero-order chi connectivity index (χ0) is 20.8. The van der Waals surface area contributed by atoms with Crippen molar-refractivity contribution in [3.05, 3.63) is 0 Å². The van der Waals surface area contributed by atoms with E-state index in [-0.39, 0.29) is 37.2 Å². The maximum Gasteiger partial charge on any atom is 0.312 e. The first kappa shape index (κ1) is 20.6. The summed E-state index contributed by atoms with van der Waals surface area (Å²) < 4.78 is 11.5. The van der Waals surface area contributed by atoms with Crippen LogP contribution in [-0.2, 0) is 23.9 Å². The minimum atomic E-state index is -1.01. The Morgan fingerprint density at radius 2 is 2.03 bits per heavy atom.